The van der Waals surface area contributed by atoms with Gasteiger partial charge in [0.25, 0.3) is 23.6 Å². The van der Waals surface area contributed by atoms with E-state index in [1.165, 1.54) is 24.3 Å². The Morgan fingerprint density at radius 2 is 1.16 bits per heavy atom. The highest BCUT2D eigenvalue weighted by molar-refractivity contribution is 6.03. The molecule has 0 radical (unpaired) electrons. The second-order valence-corrected chi connectivity index (χ2v) is 11.2. The number of imide groups is 2. The highest BCUT2D eigenvalue weighted by atomic mass is 16.7. The smallest absolute Gasteiger partial charge is 0.363 e. The average molecular weight is 635 g/mol. The van der Waals surface area contributed by atoms with Gasteiger partial charge >= 0.3 is 11.9 Å². The number of anilines is 1. The standard InChI is InChI=1S/C16H19N3O6.C11H17N3O6/c1-16(2,3)24-15(23)18-17-11-6-4-10(5-7-11)14(22)25-19-12(20)8-9-13(19)21;1-11(2,3)19-10(18)13-12-6-9(17)20-14-7(15)4-5-8(14)16/h4-7,17H,8-9H2,1-3H3,(H,18,23);12H,4-6H2,1-3H3,(H,13,18)/p-2. The lowest BCUT2D eigenvalue weighted by Gasteiger charge is -2.29. The SMILES string of the molecule is CC(C)(C)OC([O-])=NNCC(=O)ON1C(=O)CCC1=O.CC(C)(C)OC([O-])=NNc1ccc(C(=O)ON2C(=O)CCC2=O)cc1. The molecule has 18 nitrogen and oxygen atoms in total. The van der Waals surface area contributed by atoms with Crippen LogP contribution in [0, 0.1) is 0 Å². The minimum Gasteiger partial charge on any atom is -0.593 e. The summed E-state index contributed by atoms with van der Waals surface area (Å²) >= 11 is 0. The van der Waals surface area contributed by atoms with Gasteiger partial charge in [0, 0.05) is 36.9 Å². The van der Waals surface area contributed by atoms with Crippen molar-refractivity contribution in [3.8, 4) is 0 Å². The van der Waals surface area contributed by atoms with E-state index in [0.29, 0.717) is 15.8 Å². The number of carbonyl (C=O) groups excluding carboxylic acids is 6. The molecule has 1 aromatic rings. The van der Waals surface area contributed by atoms with Gasteiger partial charge in [0.15, 0.2) is 12.2 Å². The van der Waals surface area contributed by atoms with Gasteiger partial charge in [-0.25, -0.2) is 9.59 Å². The molecule has 2 N–H and O–H groups in total. The molecular formula is C27H34N6O12-2. The predicted molar refractivity (Wildman–Crippen MR) is 148 cm³/mol. The summed E-state index contributed by atoms with van der Waals surface area (Å²) in [6, 6.07) is 5.77. The van der Waals surface area contributed by atoms with Gasteiger partial charge in [-0.05, 0) is 24.3 Å². The van der Waals surface area contributed by atoms with Crippen LogP contribution in [0.2, 0.25) is 0 Å². The van der Waals surface area contributed by atoms with Gasteiger partial charge in [-0.1, -0.05) is 41.5 Å². The average Bonchev–Trinajstić information content (AvgIpc) is 3.41. The van der Waals surface area contributed by atoms with Crippen LogP contribution in [-0.4, -0.2) is 75.6 Å². The Kier molecular flexibility index (Phi) is 12.2. The minimum absolute atomic E-state index is 0.0157. The summed E-state index contributed by atoms with van der Waals surface area (Å²) in [6.45, 7) is 9.68. The van der Waals surface area contributed by atoms with E-state index in [0.717, 1.165) is 0 Å². The molecule has 2 heterocycles. The van der Waals surface area contributed by atoms with Crippen LogP contribution in [-0.2, 0) is 43.1 Å². The molecule has 45 heavy (non-hydrogen) atoms. The van der Waals surface area contributed by atoms with Crippen molar-refractivity contribution in [1.29, 1.82) is 0 Å². The maximum atomic E-state index is 11.9. The molecule has 18 heteroatoms. The summed E-state index contributed by atoms with van der Waals surface area (Å²) in [5.41, 5.74) is 3.86. The number of amides is 4. The molecular weight excluding hydrogens is 600 g/mol. The number of ether oxygens (including phenoxy) is 2. The molecule has 2 saturated heterocycles. The maximum Gasteiger partial charge on any atom is 0.363 e. The Hall–Kier alpha value is -5.42. The van der Waals surface area contributed by atoms with Crippen LogP contribution in [0.1, 0.15) is 77.6 Å². The van der Waals surface area contributed by atoms with E-state index >= 15 is 0 Å². The lowest BCUT2D eigenvalue weighted by atomic mass is 10.2. The topological polar surface area (TPSA) is 241 Å². The Labute approximate surface area is 257 Å². The zero-order valence-electron chi connectivity index (χ0n) is 25.5. The van der Waals surface area contributed by atoms with Crippen LogP contribution < -0.4 is 21.1 Å². The fraction of sp³-hybridized carbons (Fsp3) is 0.481. The van der Waals surface area contributed by atoms with E-state index < -0.39 is 65.5 Å². The number of benzene rings is 1. The number of hydrogen-bond acceptors (Lipinski definition) is 16. The summed E-state index contributed by atoms with van der Waals surface area (Å²) in [4.78, 5) is 77.8. The number of hydrogen-bond donors (Lipinski definition) is 2. The number of hydrazone groups is 2. The van der Waals surface area contributed by atoms with Gasteiger partial charge in [0.05, 0.1) is 11.3 Å². The van der Waals surface area contributed by atoms with Gasteiger partial charge in [0.2, 0.25) is 0 Å². The van der Waals surface area contributed by atoms with Gasteiger partial charge in [-0.15, -0.1) is 10.1 Å². The van der Waals surface area contributed by atoms with Crippen LogP contribution in [0.5, 0.6) is 0 Å². The van der Waals surface area contributed by atoms with E-state index in [2.05, 4.69) is 25.9 Å². The van der Waals surface area contributed by atoms with Crippen molar-refractivity contribution >= 4 is 53.4 Å². The van der Waals surface area contributed by atoms with Crippen molar-refractivity contribution < 1.29 is 58.1 Å². The number of hydroxylamine groups is 4. The van der Waals surface area contributed by atoms with Crippen molar-refractivity contribution in [3.63, 3.8) is 0 Å². The van der Waals surface area contributed by atoms with Crippen molar-refractivity contribution in [1.82, 2.24) is 15.6 Å². The first-order valence-electron chi connectivity index (χ1n) is 13.5. The third-order valence-corrected chi connectivity index (χ3v) is 4.96. The first-order valence-corrected chi connectivity index (χ1v) is 13.5. The summed E-state index contributed by atoms with van der Waals surface area (Å²) in [5, 5.41) is 30.3. The Bertz CT molecular complexity index is 1310. The van der Waals surface area contributed by atoms with E-state index in [4.69, 9.17) is 14.3 Å². The summed E-state index contributed by atoms with van der Waals surface area (Å²) in [6.07, 6.45) is -1.58. The highest BCUT2D eigenvalue weighted by Crippen LogP contribution is 2.16. The number of rotatable bonds is 8. The van der Waals surface area contributed by atoms with Crippen LogP contribution in [0.4, 0.5) is 5.69 Å². The van der Waals surface area contributed by atoms with Crippen LogP contribution in [0.3, 0.4) is 0 Å². The molecule has 0 atom stereocenters. The van der Waals surface area contributed by atoms with Gasteiger partial charge in [-0.3, -0.25) is 30.0 Å². The lowest BCUT2D eigenvalue weighted by molar-refractivity contribution is -0.261. The summed E-state index contributed by atoms with van der Waals surface area (Å²) in [7, 11) is 0. The molecule has 2 aliphatic rings. The fourth-order valence-corrected chi connectivity index (χ4v) is 3.11. The first-order chi connectivity index (χ1) is 20.8. The van der Waals surface area contributed by atoms with Crippen molar-refractivity contribution in [2.75, 3.05) is 12.0 Å². The second kappa shape index (κ2) is 15.3. The van der Waals surface area contributed by atoms with Crippen molar-refractivity contribution in [2.24, 2.45) is 10.2 Å². The van der Waals surface area contributed by atoms with Gasteiger partial charge in [0.1, 0.15) is 6.54 Å². The zero-order valence-corrected chi connectivity index (χ0v) is 25.5. The van der Waals surface area contributed by atoms with Crippen LogP contribution in [0.15, 0.2) is 34.5 Å². The van der Waals surface area contributed by atoms with E-state index in [-0.39, 0.29) is 31.2 Å². The first kappa shape index (κ1) is 35.8. The Morgan fingerprint density at radius 3 is 1.60 bits per heavy atom. The van der Waals surface area contributed by atoms with Gasteiger partial charge in [-0.2, -0.15) is 10.2 Å². The normalized spacial score (nSPS) is 15.8. The van der Waals surface area contributed by atoms with E-state index in [1.807, 2.05) is 0 Å². The molecule has 3 rings (SSSR count). The monoisotopic (exact) mass is 634 g/mol. The van der Waals surface area contributed by atoms with Crippen molar-refractivity contribution in [3.05, 3.63) is 29.8 Å². The van der Waals surface area contributed by atoms with E-state index in [1.54, 1.807) is 41.5 Å². The molecule has 4 amide bonds. The molecule has 1 aromatic carbocycles. The van der Waals surface area contributed by atoms with Gasteiger partial charge < -0.3 is 29.4 Å². The third-order valence-electron chi connectivity index (χ3n) is 4.96. The quantitative estimate of drug-likeness (QED) is 0.157. The largest absolute Gasteiger partial charge is 0.593 e. The molecule has 2 fully saturated rings. The highest BCUT2D eigenvalue weighted by Gasteiger charge is 2.33. The molecule has 2 aliphatic heterocycles. The molecule has 0 saturated carbocycles. The summed E-state index contributed by atoms with van der Waals surface area (Å²) < 4.78 is 9.85. The van der Waals surface area contributed by atoms with Crippen LogP contribution in [0.25, 0.3) is 0 Å². The fourth-order valence-electron chi connectivity index (χ4n) is 3.11. The number of nitrogens with one attached hydrogen (secondary N) is 2. The lowest BCUT2D eigenvalue weighted by Crippen LogP contribution is -2.37. The minimum atomic E-state index is -0.916. The Morgan fingerprint density at radius 1 is 0.733 bits per heavy atom. The molecule has 0 aromatic heterocycles. The van der Waals surface area contributed by atoms with E-state index in [9.17, 15) is 39.0 Å². The maximum absolute atomic E-state index is 11.9. The zero-order chi connectivity index (χ0) is 33.9. The summed E-state index contributed by atoms with van der Waals surface area (Å²) in [5.74, 6) is -4.00. The molecule has 0 bridgehead atoms. The molecule has 0 unspecified atom stereocenters. The Balaban J connectivity index is 0.000000322. The second-order valence-electron chi connectivity index (χ2n) is 11.2. The molecule has 0 spiro atoms. The predicted octanol–water partition coefficient (Wildman–Crippen LogP) is -0.605. The third kappa shape index (κ3) is 12.8. The molecule has 246 valence electrons. The number of carbonyl (C=O) groups is 6. The number of nitrogens with zero attached hydrogens (tertiary/aromatic N) is 4. The van der Waals surface area contributed by atoms with Crippen molar-refractivity contribution in [2.45, 2.75) is 78.4 Å². The van der Waals surface area contributed by atoms with Crippen LogP contribution >= 0.6 is 0 Å². The molecule has 0 aliphatic carbocycles.